The summed E-state index contributed by atoms with van der Waals surface area (Å²) < 4.78 is 10.6. The van der Waals surface area contributed by atoms with E-state index in [1.807, 2.05) is 12.1 Å². The van der Waals surface area contributed by atoms with Gasteiger partial charge in [-0.1, -0.05) is 6.07 Å². The molecule has 1 aliphatic heterocycles. The van der Waals surface area contributed by atoms with E-state index in [4.69, 9.17) is 9.47 Å². The van der Waals surface area contributed by atoms with Crippen LogP contribution in [0.4, 0.5) is 0 Å². The van der Waals surface area contributed by atoms with Gasteiger partial charge in [0.05, 0.1) is 7.11 Å². The van der Waals surface area contributed by atoms with Crippen LogP contribution >= 0.6 is 0 Å². The number of benzene rings is 1. The van der Waals surface area contributed by atoms with Crippen LogP contribution in [0.5, 0.6) is 11.5 Å². The Bertz CT molecular complexity index is 450. The molecule has 0 spiro atoms. The van der Waals surface area contributed by atoms with E-state index in [0.29, 0.717) is 17.5 Å². The maximum absolute atomic E-state index is 11.9. The summed E-state index contributed by atoms with van der Waals surface area (Å²) in [5.74, 6) is 1.26. The van der Waals surface area contributed by atoms with Gasteiger partial charge in [0.1, 0.15) is 11.5 Å². The minimum Gasteiger partial charge on any atom is -0.497 e. The summed E-state index contributed by atoms with van der Waals surface area (Å²) in [4.78, 5) is 11.9. The number of hydrogen-bond acceptors (Lipinski definition) is 4. The quantitative estimate of drug-likeness (QED) is 0.853. The van der Waals surface area contributed by atoms with Gasteiger partial charge in [-0.25, -0.2) is 0 Å². The monoisotopic (exact) mass is 278 g/mol. The number of rotatable bonds is 5. The molecule has 1 aromatic rings. The van der Waals surface area contributed by atoms with Crippen LogP contribution in [0.3, 0.4) is 0 Å². The van der Waals surface area contributed by atoms with Gasteiger partial charge in [-0.2, -0.15) is 0 Å². The average molecular weight is 278 g/mol. The van der Waals surface area contributed by atoms with Crippen LogP contribution in [-0.4, -0.2) is 38.3 Å². The van der Waals surface area contributed by atoms with Gasteiger partial charge in [-0.05, 0) is 38.4 Å². The standard InChI is InChI=1S/C15H22N2O3/c1-11-14(7-4-8-16-11)17-15(18)10-20-13-6-3-5-12(9-13)19-2/h3,5-6,9,11,14,16H,4,7-8,10H2,1-2H3,(H,17,18). The molecule has 1 heterocycles. The fraction of sp³-hybridized carbons (Fsp3) is 0.533. The molecule has 1 fully saturated rings. The van der Waals surface area contributed by atoms with Gasteiger partial charge in [0.15, 0.2) is 6.61 Å². The Morgan fingerprint density at radius 3 is 3.00 bits per heavy atom. The predicted octanol–water partition coefficient (Wildman–Crippen LogP) is 1.33. The molecule has 0 bridgehead atoms. The molecule has 1 amide bonds. The second kappa shape index (κ2) is 7.14. The number of amides is 1. The number of carbonyl (C=O) groups is 1. The van der Waals surface area contributed by atoms with Crippen LogP contribution in [0.2, 0.25) is 0 Å². The molecule has 2 atom stereocenters. The Morgan fingerprint density at radius 1 is 1.45 bits per heavy atom. The SMILES string of the molecule is COc1cccc(OCC(=O)NC2CCCNC2C)c1. The summed E-state index contributed by atoms with van der Waals surface area (Å²) in [5.41, 5.74) is 0. The highest BCUT2D eigenvalue weighted by atomic mass is 16.5. The molecule has 2 unspecified atom stereocenters. The normalized spacial score (nSPS) is 22.1. The van der Waals surface area contributed by atoms with Gasteiger partial charge in [0.25, 0.3) is 5.91 Å². The molecule has 1 aliphatic rings. The average Bonchev–Trinajstić information content (AvgIpc) is 2.48. The zero-order valence-electron chi connectivity index (χ0n) is 12.0. The topological polar surface area (TPSA) is 59.6 Å². The lowest BCUT2D eigenvalue weighted by molar-refractivity contribution is -0.124. The number of piperidine rings is 1. The van der Waals surface area contributed by atoms with E-state index in [2.05, 4.69) is 17.6 Å². The van der Waals surface area contributed by atoms with Crippen molar-refractivity contribution in [3.63, 3.8) is 0 Å². The number of ether oxygens (including phenoxy) is 2. The van der Waals surface area contributed by atoms with Crippen molar-refractivity contribution in [3.05, 3.63) is 24.3 Å². The lowest BCUT2D eigenvalue weighted by atomic mass is 10.00. The molecule has 2 N–H and O–H groups in total. The van der Waals surface area contributed by atoms with Gasteiger partial charge < -0.3 is 20.1 Å². The molecule has 0 aliphatic carbocycles. The van der Waals surface area contributed by atoms with Crippen molar-refractivity contribution in [1.82, 2.24) is 10.6 Å². The van der Waals surface area contributed by atoms with Crippen molar-refractivity contribution in [2.24, 2.45) is 0 Å². The van der Waals surface area contributed by atoms with E-state index in [-0.39, 0.29) is 18.6 Å². The minimum atomic E-state index is -0.0895. The van der Waals surface area contributed by atoms with E-state index in [1.54, 1.807) is 19.2 Å². The van der Waals surface area contributed by atoms with Gasteiger partial charge in [-0.15, -0.1) is 0 Å². The molecular formula is C15H22N2O3. The molecule has 5 heteroatoms. The van der Waals surface area contributed by atoms with Gasteiger partial charge in [-0.3, -0.25) is 4.79 Å². The molecule has 1 aromatic carbocycles. The third-order valence-electron chi connectivity index (χ3n) is 3.52. The van der Waals surface area contributed by atoms with Crippen LogP contribution < -0.4 is 20.1 Å². The van der Waals surface area contributed by atoms with E-state index in [9.17, 15) is 4.79 Å². The van der Waals surface area contributed by atoms with E-state index >= 15 is 0 Å². The Balaban J connectivity index is 1.79. The van der Waals surface area contributed by atoms with E-state index in [1.165, 1.54) is 0 Å². The first-order valence-corrected chi connectivity index (χ1v) is 6.98. The van der Waals surface area contributed by atoms with Crippen LogP contribution in [0.15, 0.2) is 24.3 Å². The molecule has 1 saturated heterocycles. The van der Waals surface area contributed by atoms with Crippen molar-refractivity contribution in [1.29, 1.82) is 0 Å². The Labute approximate surface area is 119 Å². The lowest BCUT2D eigenvalue weighted by Gasteiger charge is -2.30. The number of carbonyl (C=O) groups excluding carboxylic acids is 1. The Hall–Kier alpha value is -1.75. The number of nitrogens with one attached hydrogen (secondary N) is 2. The van der Waals surface area contributed by atoms with Crippen LogP contribution in [-0.2, 0) is 4.79 Å². The van der Waals surface area contributed by atoms with Gasteiger partial charge in [0, 0.05) is 18.2 Å². The highest BCUT2D eigenvalue weighted by molar-refractivity contribution is 5.78. The van der Waals surface area contributed by atoms with Crippen LogP contribution in [0.25, 0.3) is 0 Å². The molecule has 2 rings (SSSR count). The Kier molecular flexibility index (Phi) is 5.24. The number of hydrogen-bond donors (Lipinski definition) is 2. The maximum atomic E-state index is 11.9. The molecule has 0 aromatic heterocycles. The summed E-state index contributed by atoms with van der Waals surface area (Å²) in [7, 11) is 1.60. The van der Waals surface area contributed by atoms with Crippen molar-refractivity contribution in [3.8, 4) is 11.5 Å². The highest BCUT2D eigenvalue weighted by Gasteiger charge is 2.22. The summed E-state index contributed by atoms with van der Waals surface area (Å²) >= 11 is 0. The van der Waals surface area contributed by atoms with Crippen molar-refractivity contribution in [2.75, 3.05) is 20.3 Å². The molecule has 0 radical (unpaired) electrons. The zero-order valence-corrected chi connectivity index (χ0v) is 12.0. The van der Waals surface area contributed by atoms with Crippen LogP contribution in [0, 0.1) is 0 Å². The lowest BCUT2D eigenvalue weighted by Crippen LogP contribution is -2.52. The first-order valence-electron chi connectivity index (χ1n) is 6.98. The second-order valence-corrected chi connectivity index (χ2v) is 5.03. The van der Waals surface area contributed by atoms with Crippen molar-refractivity contribution >= 4 is 5.91 Å². The van der Waals surface area contributed by atoms with Gasteiger partial charge in [0.2, 0.25) is 0 Å². The molecule has 5 nitrogen and oxygen atoms in total. The fourth-order valence-electron chi connectivity index (χ4n) is 2.33. The Morgan fingerprint density at radius 2 is 2.25 bits per heavy atom. The highest BCUT2D eigenvalue weighted by Crippen LogP contribution is 2.18. The number of methoxy groups -OCH3 is 1. The third-order valence-corrected chi connectivity index (χ3v) is 3.52. The molecule has 20 heavy (non-hydrogen) atoms. The van der Waals surface area contributed by atoms with E-state index < -0.39 is 0 Å². The first kappa shape index (κ1) is 14.7. The van der Waals surface area contributed by atoms with Crippen molar-refractivity contribution in [2.45, 2.75) is 31.8 Å². The van der Waals surface area contributed by atoms with E-state index in [0.717, 1.165) is 19.4 Å². The summed E-state index contributed by atoms with van der Waals surface area (Å²) in [6, 6.07) is 7.73. The smallest absolute Gasteiger partial charge is 0.258 e. The zero-order chi connectivity index (χ0) is 14.4. The summed E-state index contributed by atoms with van der Waals surface area (Å²) in [6.07, 6.45) is 2.10. The molecular weight excluding hydrogens is 256 g/mol. The second-order valence-electron chi connectivity index (χ2n) is 5.03. The van der Waals surface area contributed by atoms with Crippen molar-refractivity contribution < 1.29 is 14.3 Å². The molecule has 110 valence electrons. The maximum Gasteiger partial charge on any atom is 0.258 e. The summed E-state index contributed by atoms with van der Waals surface area (Å²) in [6.45, 7) is 3.14. The van der Waals surface area contributed by atoms with Crippen LogP contribution in [0.1, 0.15) is 19.8 Å². The molecule has 0 saturated carbocycles. The minimum absolute atomic E-state index is 0.0242. The van der Waals surface area contributed by atoms with Gasteiger partial charge >= 0.3 is 0 Å². The largest absolute Gasteiger partial charge is 0.497 e. The first-order chi connectivity index (χ1) is 9.69. The predicted molar refractivity (Wildman–Crippen MR) is 77.1 cm³/mol. The fourth-order valence-corrected chi connectivity index (χ4v) is 2.33. The summed E-state index contributed by atoms with van der Waals surface area (Å²) in [5, 5.41) is 6.36. The third kappa shape index (κ3) is 4.13.